The van der Waals surface area contributed by atoms with Crippen molar-refractivity contribution in [2.45, 2.75) is 19.1 Å². The Morgan fingerprint density at radius 2 is 2.19 bits per heavy atom. The van der Waals surface area contributed by atoms with Gasteiger partial charge in [-0.1, -0.05) is 30.3 Å². The van der Waals surface area contributed by atoms with Crippen LogP contribution in [0.5, 0.6) is 5.75 Å². The molecule has 0 spiro atoms. The van der Waals surface area contributed by atoms with Crippen LogP contribution < -0.4 is 4.74 Å². The molecule has 6 nitrogen and oxygen atoms in total. The molecule has 1 aromatic carbocycles. The summed E-state index contributed by atoms with van der Waals surface area (Å²) in [7, 11) is 0. The van der Waals surface area contributed by atoms with Gasteiger partial charge in [-0.25, -0.2) is 4.79 Å². The molecule has 1 saturated heterocycles. The van der Waals surface area contributed by atoms with Crippen molar-refractivity contribution in [2.75, 3.05) is 13.1 Å². The maximum absolute atomic E-state index is 10.9. The van der Waals surface area contributed by atoms with Crippen LogP contribution in [0.1, 0.15) is 12.0 Å². The van der Waals surface area contributed by atoms with Crippen molar-refractivity contribution in [3.05, 3.63) is 48.3 Å². The van der Waals surface area contributed by atoms with Crippen molar-refractivity contribution in [1.29, 1.82) is 0 Å². The van der Waals surface area contributed by atoms with Crippen LogP contribution in [0.15, 0.2) is 42.7 Å². The highest BCUT2D eigenvalue weighted by molar-refractivity contribution is 5.65. The first-order valence-corrected chi connectivity index (χ1v) is 6.91. The Labute approximate surface area is 122 Å². The second-order valence-electron chi connectivity index (χ2n) is 5.12. The Morgan fingerprint density at radius 3 is 2.90 bits per heavy atom. The SMILES string of the molecule is O=C(O)N1CCC(Oc2cnn(Cc3ccccc3)c2)C1. The Kier molecular flexibility index (Phi) is 3.77. The van der Waals surface area contributed by atoms with E-state index in [-0.39, 0.29) is 6.10 Å². The maximum Gasteiger partial charge on any atom is 0.407 e. The molecule has 1 aromatic heterocycles. The molecule has 1 fully saturated rings. The minimum Gasteiger partial charge on any atom is -0.485 e. The highest BCUT2D eigenvalue weighted by Crippen LogP contribution is 2.18. The first-order chi connectivity index (χ1) is 10.2. The van der Waals surface area contributed by atoms with Crippen molar-refractivity contribution < 1.29 is 14.6 Å². The molecule has 21 heavy (non-hydrogen) atoms. The van der Waals surface area contributed by atoms with Crippen LogP contribution in [0.3, 0.4) is 0 Å². The fraction of sp³-hybridized carbons (Fsp3) is 0.333. The Hall–Kier alpha value is -2.50. The number of likely N-dealkylation sites (tertiary alicyclic amines) is 1. The number of hydrogen-bond donors (Lipinski definition) is 1. The van der Waals surface area contributed by atoms with E-state index in [4.69, 9.17) is 9.84 Å². The molecule has 1 aliphatic rings. The minimum atomic E-state index is -0.888. The van der Waals surface area contributed by atoms with E-state index < -0.39 is 6.09 Å². The lowest BCUT2D eigenvalue weighted by atomic mass is 10.2. The molecule has 1 aliphatic heterocycles. The normalized spacial score (nSPS) is 17.9. The van der Waals surface area contributed by atoms with Gasteiger partial charge in [0.25, 0.3) is 0 Å². The first-order valence-electron chi connectivity index (χ1n) is 6.91. The molecule has 1 atom stereocenters. The fourth-order valence-electron chi connectivity index (χ4n) is 2.45. The summed E-state index contributed by atoms with van der Waals surface area (Å²) in [4.78, 5) is 12.2. The molecule has 2 aromatic rings. The second-order valence-corrected chi connectivity index (χ2v) is 5.12. The molecule has 110 valence electrons. The summed E-state index contributed by atoms with van der Waals surface area (Å²) < 4.78 is 7.60. The largest absolute Gasteiger partial charge is 0.485 e. The number of hydrogen-bond acceptors (Lipinski definition) is 3. The van der Waals surface area contributed by atoms with Crippen molar-refractivity contribution in [3.8, 4) is 5.75 Å². The summed E-state index contributed by atoms with van der Waals surface area (Å²) in [5, 5.41) is 13.2. The smallest absolute Gasteiger partial charge is 0.407 e. The number of aromatic nitrogens is 2. The molecule has 0 aliphatic carbocycles. The van der Waals surface area contributed by atoms with Gasteiger partial charge in [0, 0.05) is 13.0 Å². The van der Waals surface area contributed by atoms with Gasteiger partial charge in [0.1, 0.15) is 6.10 Å². The Balaban J connectivity index is 1.57. The van der Waals surface area contributed by atoms with Crippen molar-refractivity contribution in [2.24, 2.45) is 0 Å². The molecule has 0 radical (unpaired) electrons. The minimum absolute atomic E-state index is 0.0875. The van der Waals surface area contributed by atoms with Crippen LogP contribution >= 0.6 is 0 Å². The van der Waals surface area contributed by atoms with E-state index >= 15 is 0 Å². The lowest BCUT2D eigenvalue weighted by molar-refractivity contribution is 0.145. The molecule has 1 N–H and O–H groups in total. The van der Waals surface area contributed by atoms with Crippen molar-refractivity contribution in [3.63, 3.8) is 0 Å². The number of ether oxygens (including phenoxy) is 1. The van der Waals surface area contributed by atoms with Gasteiger partial charge in [0.2, 0.25) is 0 Å². The molecular weight excluding hydrogens is 270 g/mol. The van der Waals surface area contributed by atoms with Gasteiger partial charge in [0.05, 0.1) is 25.5 Å². The predicted molar refractivity (Wildman–Crippen MR) is 76.4 cm³/mol. The average molecular weight is 287 g/mol. The lowest BCUT2D eigenvalue weighted by Crippen LogP contribution is -2.29. The van der Waals surface area contributed by atoms with Crippen molar-refractivity contribution in [1.82, 2.24) is 14.7 Å². The van der Waals surface area contributed by atoms with Crippen LogP contribution in [0, 0.1) is 0 Å². The van der Waals surface area contributed by atoms with E-state index in [9.17, 15) is 4.79 Å². The highest BCUT2D eigenvalue weighted by atomic mass is 16.5. The predicted octanol–water partition coefficient (Wildman–Crippen LogP) is 2.06. The number of carbonyl (C=O) groups is 1. The van der Waals surface area contributed by atoms with E-state index in [0.717, 1.165) is 6.42 Å². The number of rotatable bonds is 4. The molecule has 1 unspecified atom stereocenters. The van der Waals surface area contributed by atoms with E-state index in [0.29, 0.717) is 25.4 Å². The zero-order valence-electron chi connectivity index (χ0n) is 11.6. The Bertz CT molecular complexity index is 612. The van der Waals surface area contributed by atoms with Crippen LogP contribution in [0.2, 0.25) is 0 Å². The third-order valence-electron chi connectivity index (χ3n) is 3.52. The summed E-state index contributed by atoms with van der Waals surface area (Å²) in [6.45, 7) is 1.63. The fourth-order valence-corrected chi connectivity index (χ4v) is 2.45. The number of carboxylic acid groups (broad SMARTS) is 1. The third kappa shape index (κ3) is 3.34. The first kappa shape index (κ1) is 13.5. The molecule has 1 amide bonds. The number of amides is 1. The summed E-state index contributed by atoms with van der Waals surface area (Å²) in [5.74, 6) is 0.683. The van der Waals surface area contributed by atoms with Crippen LogP contribution in [-0.2, 0) is 6.54 Å². The lowest BCUT2D eigenvalue weighted by Gasteiger charge is -2.12. The van der Waals surface area contributed by atoms with Gasteiger partial charge in [-0.3, -0.25) is 4.68 Å². The highest BCUT2D eigenvalue weighted by Gasteiger charge is 2.27. The van der Waals surface area contributed by atoms with Gasteiger partial charge < -0.3 is 14.7 Å². The van der Waals surface area contributed by atoms with Crippen molar-refractivity contribution >= 4 is 6.09 Å². The molecule has 0 saturated carbocycles. The molecule has 2 heterocycles. The molecule has 6 heteroatoms. The van der Waals surface area contributed by atoms with Crippen LogP contribution in [0.25, 0.3) is 0 Å². The standard InChI is InChI=1S/C15H17N3O3/c19-15(20)17-7-6-13(10-17)21-14-8-16-18(11-14)9-12-4-2-1-3-5-12/h1-5,8,11,13H,6-7,9-10H2,(H,19,20). The van der Waals surface area contributed by atoms with Gasteiger partial charge in [-0.2, -0.15) is 5.10 Å². The third-order valence-corrected chi connectivity index (χ3v) is 3.52. The second kappa shape index (κ2) is 5.87. The van der Waals surface area contributed by atoms with Gasteiger partial charge in [0.15, 0.2) is 5.75 Å². The summed E-state index contributed by atoms with van der Waals surface area (Å²) in [5.41, 5.74) is 1.17. The quantitative estimate of drug-likeness (QED) is 0.934. The van der Waals surface area contributed by atoms with E-state index in [1.807, 2.05) is 41.2 Å². The van der Waals surface area contributed by atoms with Gasteiger partial charge in [-0.05, 0) is 5.56 Å². The van der Waals surface area contributed by atoms with E-state index in [2.05, 4.69) is 5.10 Å². The molecule has 3 rings (SSSR count). The summed E-state index contributed by atoms with van der Waals surface area (Å²) in [6.07, 6.45) is 3.26. The van der Waals surface area contributed by atoms with Gasteiger partial charge >= 0.3 is 6.09 Å². The molecule has 0 bridgehead atoms. The Morgan fingerprint density at radius 1 is 1.38 bits per heavy atom. The maximum atomic E-state index is 10.9. The monoisotopic (exact) mass is 287 g/mol. The summed E-state index contributed by atoms with van der Waals surface area (Å²) in [6, 6.07) is 10.1. The number of nitrogens with zero attached hydrogens (tertiary/aromatic N) is 3. The topological polar surface area (TPSA) is 67.6 Å². The molecular formula is C15H17N3O3. The van der Waals surface area contributed by atoms with E-state index in [1.54, 1.807) is 6.20 Å². The van der Waals surface area contributed by atoms with E-state index in [1.165, 1.54) is 10.5 Å². The van der Waals surface area contributed by atoms with Crippen LogP contribution in [-0.4, -0.2) is 45.1 Å². The van der Waals surface area contributed by atoms with Crippen LogP contribution in [0.4, 0.5) is 4.79 Å². The number of benzene rings is 1. The summed E-state index contributed by atoms with van der Waals surface area (Å²) >= 11 is 0. The van der Waals surface area contributed by atoms with Gasteiger partial charge in [-0.15, -0.1) is 0 Å². The zero-order valence-corrected chi connectivity index (χ0v) is 11.6. The zero-order chi connectivity index (χ0) is 14.7. The average Bonchev–Trinajstić information content (AvgIpc) is 3.10.